The van der Waals surface area contributed by atoms with Crippen molar-refractivity contribution in [2.75, 3.05) is 5.32 Å². The van der Waals surface area contributed by atoms with Gasteiger partial charge in [0.1, 0.15) is 5.82 Å². The van der Waals surface area contributed by atoms with Crippen molar-refractivity contribution in [2.45, 2.75) is 6.42 Å². The molecule has 2 aromatic rings. The van der Waals surface area contributed by atoms with Gasteiger partial charge in [0.05, 0.1) is 18.1 Å². The number of benzene rings is 1. The number of aryl methyl sites for hydroxylation is 1. The summed E-state index contributed by atoms with van der Waals surface area (Å²) in [5.74, 6) is 0.579. The maximum absolute atomic E-state index is 11.8. The van der Waals surface area contributed by atoms with E-state index < -0.39 is 0 Å². The van der Waals surface area contributed by atoms with Crippen molar-refractivity contribution >= 4 is 11.6 Å². The number of nitrogens with zero attached hydrogens (tertiary/aromatic N) is 3. The molecule has 5 nitrogen and oxygen atoms in total. The van der Waals surface area contributed by atoms with Crippen molar-refractivity contribution in [3.8, 4) is 6.07 Å². The van der Waals surface area contributed by atoms with E-state index in [-0.39, 0.29) is 12.3 Å². The summed E-state index contributed by atoms with van der Waals surface area (Å²) in [5.41, 5.74) is 1.24. The van der Waals surface area contributed by atoms with Crippen molar-refractivity contribution in [1.29, 1.82) is 5.26 Å². The van der Waals surface area contributed by atoms with Crippen LogP contribution in [0.5, 0.6) is 0 Å². The van der Waals surface area contributed by atoms with Crippen LogP contribution in [-0.2, 0) is 18.3 Å². The van der Waals surface area contributed by atoms with Crippen molar-refractivity contribution in [1.82, 2.24) is 9.55 Å². The normalized spacial score (nSPS) is 9.78. The van der Waals surface area contributed by atoms with Gasteiger partial charge in [0, 0.05) is 25.1 Å². The van der Waals surface area contributed by atoms with Crippen LogP contribution >= 0.6 is 0 Å². The molecule has 0 aliphatic rings. The molecule has 5 heteroatoms. The third kappa shape index (κ3) is 2.74. The van der Waals surface area contributed by atoms with Gasteiger partial charge in [-0.1, -0.05) is 0 Å². The molecule has 2 rings (SSSR count). The van der Waals surface area contributed by atoms with Crippen LogP contribution in [0.1, 0.15) is 11.4 Å². The second kappa shape index (κ2) is 5.15. The lowest BCUT2D eigenvalue weighted by atomic mass is 10.2. The number of anilines is 1. The first-order valence-electron chi connectivity index (χ1n) is 5.45. The highest BCUT2D eigenvalue weighted by Gasteiger charge is 2.07. The van der Waals surface area contributed by atoms with Crippen LogP contribution < -0.4 is 5.32 Å². The first kappa shape index (κ1) is 11.9. The van der Waals surface area contributed by atoms with E-state index in [4.69, 9.17) is 5.26 Å². The second-order valence-electron chi connectivity index (χ2n) is 3.87. The molecular weight excluding hydrogens is 228 g/mol. The maximum atomic E-state index is 11.8. The smallest absolute Gasteiger partial charge is 0.231 e. The van der Waals surface area contributed by atoms with E-state index in [1.54, 1.807) is 41.2 Å². The van der Waals surface area contributed by atoms with Gasteiger partial charge in [-0.05, 0) is 24.3 Å². The number of amides is 1. The Morgan fingerprint density at radius 2 is 2.17 bits per heavy atom. The highest BCUT2D eigenvalue weighted by Crippen LogP contribution is 2.09. The molecule has 1 heterocycles. The van der Waals surface area contributed by atoms with Gasteiger partial charge in [-0.25, -0.2) is 4.98 Å². The highest BCUT2D eigenvalue weighted by atomic mass is 16.1. The quantitative estimate of drug-likeness (QED) is 0.883. The van der Waals surface area contributed by atoms with Gasteiger partial charge in [-0.2, -0.15) is 5.26 Å². The maximum Gasteiger partial charge on any atom is 0.231 e. The molecule has 1 aromatic heterocycles. The summed E-state index contributed by atoms with van der Waals surface area (Å²) in [5, 5.41) is 11.4. The van der Waals surface area contributed by atoms with Crippen molar-refractivity contribution in [2.24, 2.45) is 7.05 Å². The summed E-state index contributed by atoms with van der Waals surface area (Å²) in [4.78, 5) is 15.8. The van der Waals surface area contributed by atoms with Gasteiger partial charge in [0.25, 0.3) is 0 Å². The van der Waals surface area contributed by atoms with Crippen molar-refractivity contribution in [3.05, 3.63) is 48.0 Å². The molecule has 90 valence electrons. The third-order valence-corrected chi connectivity index (χ3v) is 2.54. The molecule has 1 amide bonds. The zero-order valence-corrected chi connectivity index (χ0v) is 9.92. The molecule has 1 aromatic carbocycles. The lowest BCUT2D eigenvalue weighted by Crippen LogP contribution is -2.16. The zero-order chi connectivity index (χ0) is 13.0. The Morgan fingerprint density at radius 1 is 1.44 bits per heavy atom. The summed E-state index contributed by atoms with van der Waals surface area (Å²) in [6.07, 6.45) is 3.68. The second-order valence-corrected chi connectivity index (χ2v) is 3.87. The number of aromatic nitrogens is 2. The molecule has 0 atom stereocenters. The van der Waals surface area contributed by atoms with E-state index >= 15 is 0 Å². The number of rotatable bonds is 3. The number of carbonyl (C=O) groups is 1. The molecule has 0 unspecified atom stereocenters. The topological polar surface area (TPSA) is 70.7 Å². The van der Waals surface area contributed by atoms with Crippen LogP contribution in [0, 0.1) is 11.3 Å². The Hall–Kier alpha value is -2.61. The highest BCUT2D eigenvalue weighted by molar-refractivity contribution is 5.91. The summed E-state index contributed by atoms with van der Waals surface area (Å²) in [7, 11) is 1.84. The molecule has 0 aliphatic carbocycles. The summed E-state index contributed by atoms with van der Waals surface area (Å²) in [6.45, 7) is 0. The Kier molecular flexibility index (Phi) is 3.39. The Labute approximate surface area is 105 Å². The van der Waals surface area contributed by atoms with Crippen LogP contribution in [0.15, 0.2) is 36.7 Å². The predicted octanol–water partition coefficient (Wildman–Crippen LogP) is 1.47. The number of hydrogen-bond acceptors (Lipinski definition) is 3. The van der Waals surface area contributed by atoms with Gasteiger partial charge in [0.15, 0.2) is 0 Å². The average molecular weight is 240 g/mol. The largest absolute Gasteiger partial charge is 0.338 e. The molecule has 0 aliphatic heterocycles. The Bertz CT molecular complexity index is 592. The minimum absolute atomic E-state index is 0.131. The molecule has 0 spiro atoms. The predicted molar refractivity (Wildman–Crippen MR) is 66.7 cm³/mol. The molecule has 18 heavy (non-hydrogen) atoms. The van der Waals surface area contributed by atoms with E-state index in [2.05, 4.69) is 10.3 Å². The Morgan fingerprint density at radius 3 is 2.72 bits per heavy atom. The number of nitrogens with one attached hydrogen (secondary N) is 1. The minimum Gasteiger partial charge on any atom is -0.338 e. The standard InChI is InChI=1S/C13H12N4O/c1-17-7-6-15-12(17)8-13(18)16-11-4-2-10(9-14)3-5-11/h2-7H,8H2,1H3,(H,16,18). The molecule has 0 radical (unpaired) electrons. The van der Waals surface area contributed by atoms with Crippen molar-refractivity contribution in [3.63, 3.8) is 0 Å². The lowest BCUT2D eigenvalue weighted by Gasteiger charge is -2.05. The zero-order valence-electron chi connectivity index (χ0n) is 9.92. The minimum atomic E-state index is -0.131. The fourth-order valence-electron chi connectivity index (χ4n) is 1.54. The van der Waals surface area contributed by atoms with E-state index in [9.17, 15) is 4.79 Å². The molecule has 0 bridgehead atoms. The molecule has 0 fully saturated rings. The van der Waals surface area contributed by atoms with E-state index in [1.807, 2.05) is 13.1 Å². The van der Waals surface area contributed by atoms with Gasteiger partial charge in [-0.3, -0.25) is 4.79 Å². The number of hydrogen-bond donors (Lipinski definition) is 1. The molecule has 1 N–H and O–H groups in total. The van der Waals surface area contributed by atoms with Crippen LogP contribution in [0.2, 0.25) is 0 Å². The summed E-state index contributed by atoms with van der Waals surface area (Å²) in [6, 6.07) is 8.76. The summed E-state index contributed by atoms with van der Waals surface area (Å²) >= 11 is 0. The lowest BCUT2D eigenvalue weighted by molar-refractivity contribution is -0.115. The van der Waals surface area contributed by atoms with Crippen molar-refractivity contribution < 1.29 is 4.79 Å². The van der Waals surface area contributed by atoms with Crippen LogP contribution in [-0.4, -0.2) is 15.5 Å². The number of imidazole rings is 1. The Balaban J connectivity index is 1.99. The van der Waals surface area contributed by atoms with E-state index in [1.165, 1.54) is 0 Å². The average Bonchev–Trinajstić information content (AvgIpc) is 2.76. The van der Waals surface area contributed by atoms with Crippen LogP contribution in [0.25, 0.3) is 0 Å². The van der Waals surface area contributed by atoms with E-state index in [0.29, 0.717) is 17.1 Å². The van der Waals surface area contributed by atoms with Crippen LogP contribution in [0.4, 0.5) is 5.69 Å². The molecule has 0 saturated heterocycles. The van der Waals surface area contributed by atoms with Gasteiger partial charge < -0.3 is 9.88 Å². The van der Waals surface area contributed by atoms with E-state index in [0.717, 1.165) is 0 Å². The monoisotopic (exact) mass is 240 g/mol. The van der Waals surface area contributed by atoms with Gasteiger partial charge in [-0.15, -0.1) is 0 Å². The third-order valence-electron chi connectivity index (χ3n) is 2.54. The number of carbonyl (C=O) groups excluding carboxylic acids is 1. The first-order chi connectivity index (χ1) is 8.69. The summed E-state index contributed by atoms with van der Waals surface area (Å²) < 4.78 is 1.80. The van der Waals surface area contributed by atoms with Gasteiger partial charge >= 0.3 is 0 Å². The number of nitriles is 1. The van der Waals surface area contributed by atoms with Crippen LogP contribution in [0.3, 0.4) is 0 Å². The molecular formula is C13H12N4O. The fraction of sp³-hybridized carbons (Fsp3) is 0.154. The fourth-order valence-corrected chi connectivity index (χ4v) is 1.54. The first-order valence-corrected chi connectivity index (χ1v) is 5.45. The molecule has 0 saturated carbocycles. The van der Waals surface area contributed by atoms with Gasteiger partial charge in [0.2, 0.25) is 5.91 Å². The SMILES string of the molecule is Cn1ccnc1CC(=O)Nc1ccc(C#N)cc1.